The van der Waals surface area contributed by atoms with Gasteiger partial charge in [-0.25, -0.2) is 4.98 Å². The average molecular weight is 265 g/mol. The molecule has 19 heavy (non-hydrogen) atoms. The Labute approximate surface area is 115 Å². The Hall–Kier alpha value is -1.62. The second-order valence-corrected chi connectivity index (χ2v) is 4.62. The molecule has 0 spiro atoms. The van der Waals surface area contributed by atoms with E-state index in [1.165, 1.54) is 0 Å². The average Bonchev–Trinajstić information content (AvgIpc) is 2.36. The van der Waals surface area contributed by atoms with Crippen molar-refractivity contribution in [3.05, 3.63) is 24.5 Å². The first-order valence-electron chi connectivity index (χ1n) is 6.50. The maximum atomic E-state index is 5.55. The Morgan fingerprint density at radius 2 is 2.16 bits per heavy atom. The minimum atomic E-state index is 0.482. The van der Waals surface area contributed by atoms with Crippen molar-refractivity contribution in [3.8, 4) is 5.88 Å². The normalized spacial score (nSPS) is 10.5. The number of methoxy groups -OCH3 is 1. The molecule has 0 aromatic carbocycles. The number of anilines is 1. The van der Waals surface area contributed by atoms with Gasteiger partial charge in [-0.2, -0.15) is 4.98 Å². The predicted octanol–water partition coefficient (Wildman–Crippen LogP) is 2.30. The van der Waals surface area contributed by atoms with Gasteiger partial charge in [0.15, 0.2) is 0 Å². The van der Waals surface area contributed by atoms with E-state index in [0.717, 1.165) is 18.1 Å². The summed E-state index contributed by atoms with van der Waals surface area (Å²) in [6, 6.07) is 1.79. The molecule has 0 radical (unpaired) electrons. The van der Waals surface area contributed by atoms with Crippen molar-refractivity contribution in [2.45, 2.75) is 20.3 Å². The number of rotatable bonds is 9. The lowest BCUT2D eigenvalue weighted by Crippen LogP contribution is -2.10. The van der Waals surface area contributed by atoms with E-state index in [1.54, 1.807) is 19.3 Å². The van der Waals surface area contributed by atoms with Gasteiger partial charge < -0.3 is 14.8 Å². The number of nitrogens with zero attached hydrogens (tertiary/aromatic N) is 2. The molecule has 0 saturated heterocycles. The van der Waals surface area contributed by atoms with Gasteiger partial charge in [0.25, 0.3) is 0 Å². The fourth-order valence-corrected chi connectivity index (χ4v) is 1.50. The van der Waals surface area contributed by atoms with Crippen molar-refractivity contribution >= 4 is 5.82 Å². The van der Waals surface area contributed by atoms with E-state index in [2.05, 4.69) is 35.7 Å². The molecular weight excluding hydrogens is 242 g/mol. The first-order valence-corrected chi connectivity index (χ1v) is 6.50. The van der Waals surface area contributed by atoms with Crippen LogP contribution in [0.15, 0.2) is 18.7 Å². The van der Waals surface area contributed by atoms with Crippen LogP contribution in [0.1, 0.15) is 19.7 Å². The van der Waals surface area contributed by atoms with Gasteiger partial charge in [-0.1, -0.05) is 19.9 Å². The van der Waals surface area contributed by atoms with Crippen molar-refractivity contribution in [2.75, 3.05) is 32.2 Å². The molecule has 0 atom stereocenters. The Bertz CT molecular complexity index is 394. The molecule has 1 N–H and O–H groups in total. The van der Waals surface area contributed by atoms with E-state index < -0.39 is 0 Å². The fourth-order valence-electron chi connectivity index (χ4n) is 1.50. The maximum absolute atomic E-state index is 5.55. The second kappa shape index (κ2) is 8.48. The van der Waals surface area contributed by atoms with Crippen molar-refractivity contribution in [2.24, 2.45) is 5.92 Å². The summed E-state index contributed by atoms with van der Waals surface area (Å²) < 4.78 is 10.5. The molecule has 0 aliphatic heterocycles. The Balaban J connectivity index is 2.78. The van der Waals surface area contributed by atoms with Crippen LogP contribution >= 0.6 is 0 Å². The van der Waals surface area contributed by atoms with Crippen LogP contribution in [0.5, 0.6) is 5.88 Å². The zero-order valence-electron chi connectivity index (χ0n) is 12.0. The van der Waals surface area contributed by atoms with E-state index >= 15 is 0 Å². The van der Waals surface area contributed by atoms with Crippen LogP contribution in [-0.4, -0.2) is 36.8 Å². The number of hydrogen-bond donors (Lipinski definition) is 1. The molecule has 106 valence electrons. The van der Waals surface area contributed by atoms with Crippen LogP contribution in [0, 0.1) is 5.92 Å². The fraction of sp³-hybridized carbons (Fsp3) is 0.571. The summed E-state index contributed by atoms with van der Waals surface area (Å²) in [4.78, 5) is 8.86. The molecule has 0 bridgehead atoms. The number of hydrogen-bond acceptors (Lipinski definition) is 5. The standard InChI is InChI=1S/C14H23N3O2/c1-5-6-15-12-10-14(19-8-7-18-4)17-13(16-12)9-11(2)3/h5,10-11H,1,6-9H2,2-4H3,(H,15,16,17). The Kier molecular flexibility index (Phi) is 6.89. The quantitative estimate of drug-likeness (QED) is 0.548. The summed E-state index contributed by atoms with van der Waals surface area (Å²) in [6.07, 6.45) is 2.61. The zero-order chi connectivity index (χ0) is 14.1. The third-order valence-corrected chi connectivity index (χ3v) is 2.30. The van der Waals surface area contributed by atoms with E-state index in [-0.39, 0.29) is 0 Å². The molecular formula is C14H23N3O2. The zero-order valence-corrected chi connectivity index (χ0v) is 12.0. The van der Waals surface area contributed by atoms with Gasteiger partial charge >= 0.3 is 0 Å². The molecule has 0 fully saturated rings. The highest BCUT2D eigenvalue weighted by Crippen LogP contribution is 2.15. The van der Waals surface area contributed by atoms with E-state index in [9.17, 15) is 0 Å². The van der Waals surface area contributed by atoms with Gasteiger partial charge in [0.05, 0.1) is 6.61 Å². The minimum Gasteiger partial charge on any atom is -0.475 e. The highest BCUT2D eigenvalue weighted by atomic mass is 16.5. The maximum Gasteiger partial charge on any atom is 0.218 e. The van der Waals surface area contributed by atoms with Gasteiger partial charge in [0.1, 0.15) is 18.2 Å². The SMILES string of the molecule is C=CCNc1cc(OCCOC)nc(CC(C)C)n1. The minimum absolute atomic E-state index is 0.482. The molecule has 5 heteroatoms. The van der Waals surface area contributed by atoms with E-state index in [4.69, 9.17) is 9.47 Å². The van der Waals surface area contributed by atoms with Crippen molar-refractivity contribution < 1.29 is 9.47 Å². The smallest absolute Gasteiger partial charge is 0.218 e. The number of ether oxygens (including phenoxy) is 2. The Morgan fingerprint density at radius 3 is 2.79 bits per heavy atom. The van der Waals surface area contributed by atoms with Gasteiger partial charge in [0, 0.05) is 26.1 Å². The van der Waals surface area contributed by atoms with Crippen LogP contribution in [0.4, 0.5) is 5.82 Å². The van der Waals surface area contributed by atoms with E-state index in [1.807, 2.05) is 0 Å². The monoisotopic (exact) mass is 265 g/mol. The lowest BCUT2D eigenvalue weighted by molar-refractivity contribution is 0.143. The molecule has 0 aliphatic rings. The van der Waals surface area contributed by atoms with Crippen LogP contribution in [0.25, 0.3) is 0 Å². The van der Waals surface area contributed by atoms with Crippen LogP contribution in [0.3, 0.4) is 0 Å². The molecule has 1 heterocycles. The molecule has 0 amide bonds. The molecule has 0 saturated carbocycles. The van der Waals surface area contributed by atoms with Crippen molar-refractivity contribution in [1.82, 2.24) is 9.97 Å². The van der Waals surface area contributed by atoms with Crippen LogP contribution in [0.2, 0.25) is 0 Å². The first-order chi connectivity index (χ1) is 9.15. The molecule has 1 aromatic heterocycles. The highest BCUT2D eigenvalue weighted by Gasteiger charge is 2.07. The first kappa shape index (κ1) is 15.4. The van der Waals surface area contributed by atoms with Crippen LogP contribution < -0.4 is 10.1 Å². The molecule has 0 aliphatic carbocycles. The Morgan fingerprint density at radius 1 is 1.37 bits per heavy atom. The van der Waals surface area contributed by atoms with Gasteiger partial charge in [-0.15, -0.1) is 6.58 Å². The van der Waals surface area contributed by atoms with Gasteiger partial charge in [0.2, 0.25) is 5.88 Å². The lowest BCUT2D eigenvalue weighted by Gasteiger charge is -2.11. The highest BCUT2D eigenvalue weighted by molar-refractivity contribution is 5.39. The number of aromatic nitrogens is 2. The van der Waals surface area contributed by atoms with Gasteiger partial charge in [-0.3, -0.25) is 0 Å². The third-order valence-electron chi connectivity index (χ3n) is 2.30. The summed E-state index contributed by atoms with van der Waals surface area (Å²) in [7, 11) is 1.64. The third kappa shape index (κ3) is 6.20. The molecule has 0 unspecified atom stereocenters. The summed E-state index contributed by atoms with van der Waals surface area (Å²) in [6.45, 7) is 9.64. The topological polar surface area (TPSA) is 56.3 Å². The lowest BCUT2D eigenvalue weighted by atomic mass is 10.1. The van der Waals surface area contributed by atoms with Crippen LogP contribution in [-0.2, 0) is 11.2 Å². The van der Waals surface area contributed by atoms with E-state index in [0.29, 0.717) is 31.6 Å². The molecule has 5 nitrogen and oxygen atoms in total. The molecule has 1 aromatic rings. The predicted molar refractivity (Wildman–Crippen MR) is 76.6 cm³/mol. The summed E-state index contributed by atoms with van der Waals surface area (Å²) in [5, 5.41) is 3.16. The second-order valence-electron chi connectivity index (χ2n) is 4.62. The largest absolute Gasteiger partial charge is 0.475 e. The summed E-state index contributed by atoms with van der Waals surface area (Å²) in [5.41, 5.74) is 0. The van der Waals surface area contributed by atoms with Crippen molar-refractivity contribution in [3.63, 3.8) is 0 Å². The van der Waals surface area contributed by atoms with Gasteiger partial charge in [-0.05, 0) is 5.92 Å². The van der Waals surface area contributed by atoms with Crippen molar-refractivity contribution in [1.29, 1.82) is 0 Å². The number of nitrogens with one attached hydrogen (secondary N) is 1. The molecule has 1 rings (SSSR count). The summed E-state index contributed by atoms with van der Waals surface area (Å²) >= 11 is 0. The summed E-state index contributed by atoms with van der Waals surface area (Å²) in [5.74, 6) is 2.63.